The Balaban J connectivity index is 1.67. The number of aliphatic hydroxyl groups is 1. The number of likely N-dealkylation sites (tertiary alicyclic amines) is 1. The average Bonchev–Trinajstić information content (AvgIpc) is 2.92. The minimum atomic E-state index is -0.517. The summed E-state index contributed by atoms with van der Waals surface area (Å²) in [5.74, 6) is 0. The predicted molar refractivity (Wildman–Crippen MR) is 79.9 cm³/mol. The van der Waals surface area contributed by atoms with Gasteiger partial charge in [0.05, 0.1) is 6.10 Å². The highest BCUT2D eigenvalue weighted by Gasteiger charge is 2.16. The molecule has 3 N–H and O–H groups in total. The Kier molecular flexibility index (Phi) is 5.38. The van der Waals surface area contributed by atoms with Gasteiger partial charge in [0.25, 0.3) is 0 Å². The molecule has 0 radical (unpaired) electrons. The summed E-state index contributed by atoms with van der Waals surface area (Å²) in [6.45, 7) is 5.00. The first-order chi connectivity index (χ1) is 9.63. The topological polar surface area (TPSA) is 64.6 Å². The number of aryl methyl sites for hydroxylation is 1. The number of hydrogen-bond acceptors (Lipinski definition) is 3. The molecule has 5 heteroatoms. The van der Waals surface area contributed by atoms with Gasteiger partial charge in [0.15, 0.2) is 0 Å². The number of urea groups is 1. The zero-order valence-electron chi connectivity index (χ0n) is 11.9. The van der Waals surface area contributed by atoms with Gasteiger partial charge in [0, 0.05) is 18.8 Å². The zero-order valence-corrected chi connectivity index (χ0v) is 11.9. The fraction of sp³-hybridized carbons (Fsp3) is 0.533. The first kappa shape index (κ1) is 14.8. The third kappa shape index (κ3) is 4.83. The Labute approximate surface area is 120 Å². The number of hydrogen-bond donors (Lipinski definition) is 3. The molecule has 1 aromatic rings. The molecular weight excluding hydrogens is 254 g/mol. The lowest BCUT2D eigenvalue weighted by Gasteiger charge is -2.19. The van der Waals surface area contributed by atoms with Crippen LogP contribution in [-0.2, 0) is 0 Å². The van der Waals surface area contributed by atoms with Crippen molar-refractivity contribution in [3.8, 4) is 0 Å². The van der Waals surface area contributed by atoms with E-state index in [-0.39, 0.29) is 12.6 Å². The van der Waals surface area contributed by atoms with Crippen molar-refractivity contribution in [2.24, 2.45) is 0 Å². The molecule has 0 aliphatic carbocycles. The van der Waals surface area contributed by atoms with Gasteiger partial charge in [0.1, 0.15) is 0 Å². The van der Waals surface area contributed by atoms with Crippen LogP contribution in [0.4, 0.5) is 10.5 Å². The standard InChI is InChI=1S/C15H23N3O2/c1-12-4-6-13(7-5-12)17-15(20)16-10-14(19)11-18-8-2-3-9-18/h4-7,14,19H,2-3,8-11H2,1H3,(H2,16,17,20). The summed E-state index contributed by atoms with van der Waals surface area (Å²) in [5.41, 5.74) is 1.90. The van der Waals surface area contributed by atoms with Gasteiger partial charge in [-0.05, 0) is 45.0 Å². The van der Waals surface area contributed by atoms with Crippen molar-refractivity contribution in [2.75, 3.05) is 31.5 Å². The number of carbonyl (C=O) groups is 1. The van der Waals surface area contributed by atoms with E-state index in [1.165, 1.54) is 12.8 Å². The molecule has 0 aromatic heterocycles. The molecule has 0 spiro atoms. The molecule has 0 bridgehead atoms. The minimum absolute atomic E-state index is 0.272. The maximum atomic E-state index is 11.7. The van der Waals surface area contributed by atoms with Crippen molar-refractivity contribution in [1.82, 2.24) is 10.2 Å². The van der Waals surface area contributed by atoms with Gasteiger partial charge in [-0.2, -0.15) is 0 Å². The average molecular weight is 277 g/mol. The number of carbonyl (C=O) groups excluding carboxylic acids is 1. The van der Waals surface area contributed by atoms with Crippen LogP contribution in [0.1, 0.15) is 18.4 Å². The second-order valence-corrected chi connectivity index (χ2v) is 5.36. The molecule has 1 heterocycles. The first-order valence-electron chi connectivity index (χ1n) is 7.15. The highest BCUT2D eigenvalue weighted by atomic mass is 16.3. The van der Waals surface area contributed by atoms with Crippen LogP contribution in [0.2, 0.25) is 0 Å². The van der Waals surface area contributed by atoms with E-state index in [9.17, 15) is 9.90 Å². The van der Waals surface area contributed by atoms with Crippen molar-refractivity contribution in [1.29, 1.82) is 0 Å². The molecule has 0 saturated carbocycles. The number of amides is 2. The number of benzene rings is 1. The first-order valence-corrected chi connectivity index (χ1v) is 7.15. The van der Waals surface area contributed by atoms with Crippen molar-refractivity contribution in [2.45, 2.75) is 25.9 Å². The van der Waals surface area contributed by atoms with Gasteiger partial charge >= 0.3 is 6.03 Å². The van der Waals surface area contributed by atoms with Gasteiger partial charge in [-0.15, -0.1) is 0 Å². The van der Waals surface area contributed by atoms with Crippen molar-refractivity contribution in [3.63, 3.8) is 0 Å². The van der Waals surface area contributed by atoms with Crippen LogP contribution in [0.5, 0.6) is 0 Å². The second-order valence-electron chi connectivity index (χ2n) is 5.36. The summed E-state index contributed by atoms with van der Waals surface area (Å²) in [4.78, 5) is 13.9. The van der Waals surface area contributed by atoms with E-state index in [0.29, 0.717) is 6.54 Å². The van der Waals surface area contributed by atoms with Crippen LogP contribution >= 0.6 is 0 Å². The van der Waals surface area contributed by atoms with Crippen LogP contribution in [-0.4, -0.2) is 48.3 Å². The fourth-order valence-electron chi connectivity index (χ4n) is 2.35. The molecule has 110 valence electrons. The Bertz CT molecular complexity index is 427. The normalized spacial score (nSPS) is 16.9. The van der Waals surface area contributed by atoms with Crippen LogP contribution in [0.15, 0.2) is 24.3 Å². The molecule has 1 aliphatic rings. The Morgan fingerprint density at radius 2 is 1.95 bits per heavy atom. The zero-order chi connectivity index (χ0) is 14.4. The Hall–Kier alpha value is -1.59. The lowest BCUT2D eigenvalue weighted by molar-refractivity contribution is 0.125. The van der Waals surface area contributed by atoms with Crippen LogP contribution in [0.3, 0.4) is 0 Å². The minimum Gasteiger partial charge on any atom is -0.390 e. The maximum absolute atomic E-state index is 11.7. The van der Waals surface area contributed by atoms with Crippen LogP contribution < -0.4 is 10.6 Å². The van der Waals surface area contributed by atoms with E-state index in [1.54, 1.807) is 0 Å². The monoisotopic (exact) mass is 277 g/mol. The van der Waals surface area contributed by atoms with Crippen molar-refractivity contribution >= 4 is 11.7 Å². The van der Waals surface area contributed by atoms with E-state index in [1.807, 2.05) is 31.2 Å². The lowest BCUT2D eigenvalue weighted by atomic mass is 10.2. The summed E-state index contributed by atoms with van der Waals surface area (Å²) in [5, 5.41) is 15.3. The molecule has 2 amide bonds. The summed E-state index contributed by atoms with van der Waals surface area (Å²) < 4.78 is 0. The van der Waals surface area contributed by atoms with Crippen LogP contribution in [0, 0.1) is 6.92 Å². The molecule has 2 rings (SSSR count). The Morgan fingerprint density at radius 3 is 2.60 bits per heavy atom. The predicted octanol–water partition coefficient (Wildman–Crippen LogP) is 1.57. The summed E-state index contributed by atoms with van der Waals surface area (Å²) in [6, 6.07) is 7.31. The number of nitrogens with zero attached hydrogens (tertiary/aromatic N) is 1. The summed E-state index contributed by atoms with van der Waals surface area (Å²) >= 11 is 0. The van der Waals surface area contributed by atoms with Gasteiger partial charge in [0.2, 0.25) is 0 Å². The highest BCUT2D eigenvalue weighted by molar-refractivity contribution is 5.89. The third-order valence-electron chi connectivity index (χ3n) is 3.48. The highest BCUT2D eigenvalue weighted by Crippen LogP contribution is 2.09. The number of rotatable bonds is 5. The smallest absolute Gasteiger partial charge is 0.319 e. The van der Waals surface area contributed by atoms with Gasteiger partial charge in [-0.25, -0.2) is 4.79 Å². The molecular formula is C15H23N3O2. The molecule has 1 aliphatic heterocycles. The van der Waals surface area contributed by atoms with Gasteiger partial charge in [-0.3, -0.25) is 0 Å². The fourth-order valence-corrected chi connectivity index (χ4v) is 2.35. The number of β-amino-alcohol motifs (C(OH)–C–C–N with tert-alkyl or cyclic N) is 1. The third-order valence-corrected chi connectivity index (χ3v) is 3.48. The van der Waals surface area contributed by atoms with E-state index in [2.05, 4.69) is 15.5 Å². The summed E-state index contributed by atoms with van der Waals surface area (Å²) in [6.07, 6.45) is 1.89. The number of nitrogens with one attached hydrogen (secondary N) is 2. The van der Waals surface area contributed by atoms with E-state index < -0.39 is 6.10 Å². The molecule has 1 aromatic carbocycles. The number of aliphatic hydroxyl groups excluding tert-OH is 1. The molecule has 20 heavy (non-hydrogen) atoms. The van der Waals surface area contributed by atoms with E-state index in [0.717, 1.165) is 24.3 Å². The second kappa shape index (κ2) is 7.26. The van der Waals surface area contributed by atoms with E-state index in [4.69, 9.17) is 0 Å². The molecule has 1 saturated heterocycles. The number of anilines is 1. The SMILES string of the molecule is Cc1ccc(NC(=O)NCC(O)CN2CCCC2)cc1. The lowest BCUT2D eigenvalue weighted by Crippen LogP contribution is -2.40. The summed E-state index contributed by atoms with van der Waals surface area (Å²) in [7, 11) is 0. The molecule has 5 nitrogen and oxygen atoms in total. The van der Waals surface area contributed by atoms with Crippen molar-refractivity contribution in [3.05, 3.63) is 29.8 Å². The molecule has 1 atom stereocenters. The van der Waals surface area contributed by atoms with Crippen molar-refractivity contribution < 1.29 is 9.90 Å². The van der Waals surface area contributed by atoms with Gasteiger partial charge < -0.3 is 20.6 Å². The quantitative estimate of drug-likeness (QED) is 0.765. The largest absolute Gasteiger partial charge is 0.390 e. The van der Waals surface area contributed by atoms with Crippen LogP contribution in [0.25, 0.3) is 0 Å². The maximum Gasteiger partial charge on any atom is 0.319 e. The van der Waals surface area contributed by atoms with Gasteiger partial charge in [-0.1, -0.05) is 17.7 Å². The Morgan fingerprint density at radius 1 is 1.30 bits per heavy atom. The molecule has 1 unspecified atom stereocenters. The van der Waals surface area contributed by atoms with E-state index >= 15 is 0 Å². The molecule has 1 fully saturated rings.